The van der Waals surface area contributed by atoms with Crippen LogP contribution in [-0.2, 0) is 14.8 Å². The summed E-state index contributed by atoms with van der Waals surface area (Å²) in [6, 6.07) is 20.3. The molecule has 8 heteroatoms. The predicted octanol–water partition coefficient (Wildman–Crippen LogP) is 4.63. The summed E-state index contributed by atoms with van der Waals surface area (Å²) in [7, 11) is -3.48. The van der Waals surface area contributed by atoms with Crippen molar-refractivity contribution in [3.05, 3.63) is 82.6 Å². The highest BCUT2D eigenvalue weighted by Crippen LogP contribution is 2.26. The van der Waals surface area contributed by atoms with Crippen LogP contribution in [0.4, 0.5) is 5.69 Å². The van der Waals surface area contributed by atoms with E-state index >= 15 is 0 Å². The third-order valence-corrected chi connectivity index (χ3v) is 8.63. The first kappa shape index (κ1) is 23.5. The molecular weight excluding hydrogens is 454 g/mol. The van der Waals surface area contributed by atoms with Crippen LogP contribution in [0.25, 0.3) is 0 Å². The van der Waals surface area contributed by atoms with Gasteiger partial charge in [0, 0.05) is 23.7 Å². The second-order valence-corrected chi connectivity index (χ2v) is 11.0. The summed E-state index contributed by atoms with van der Waals surface area (Å²) in [5, 5.41) is 8.19. The molecule has 2 heterocycles. The number of amides is 1. The highest BCUT2D eigenvalue weighted by Gasteiger charge is 2.25. The van der Waals surface area contributed by atoms with E-state index in [-0.39, 0.29) is 18.5 Å². The Bertz CT molecular complexity index is 1120. The Morgan fingerprint density at radius 3 is 2.24 bits per heavy atom. The third kappa shape index (κ3) is 6.01. The molecule has 0 spiro atoms. The van der Waals surface area contributed by atoms with Crippen molar-refractivity contribution in [3.8, 4) is 0 Å². The molecule has 2 N–H and O–H groups in total. The SMILES string of the molecule is O=C(CNc1ccc(S(=O)(=O)N2CCCCCC2)cc1)NC(c1ccccc1)c1cccs1. The van der Waals surface area contributed by atoms with Crippen molar-refractivity contribution in [3.63, 3.8) is 0 Å². The Balaban J connectivity index is 1.37. The van der Waals surface area contributed by atoms with Crippen LogP contribution in [-0.4, -0.2) is 38.3 Å². The van der Waals surface area contributed by atoms with Crippen LogP contribution in [0.3, 0.4) is 0 Å². The van der Waals surface area contributed by atoms with Crippen LogP contribution in [0.2, 0.25) is 0 Å². The maximum atomic E-state index is 12.9. The van der Waals surface area contributed by atoms with Crippen molar-refractivity contribution in [2.75, 3.05) is 25.0 Å². The quantitative estimate of drug-likeness (QED) is 0.490. The Kier molecular flexibility index (Phi) is 7.80. The average molecular weight is 484 g/mol. The molecule has 2 aromatic carbocycles. The maximum Gasteiger partial charge on any atom is 0.243 e. The number of hydrogen-bond acceptors (Lipinski definition) is 5. The molecule has 3 aromatic rings. The van der Waals surface area contributed by atoms with Gasteiger partial charge in [-0.15, -0.1) is 11.3 Å². The number of benzene rings is 2. The molecule has 0 saturated carbocycles. The second kappa shape index (κ2) is 11.0. The molecule has 1 aliphatic heterocycles. The highest BCUT2D eigenvalue weighted by atomic mass is 32.2. The molecule has 174 valence electrons. The van der Waals surface area contributed by atoms with Gasteiger partial charge in [-0.2, -0.15) is 4.31 Å². The van der Waals surface area contributed by atoms with Crippen molar-refractivity contribution in [2.45, 2.75) is 36.6 Å². The third-order valence-electron chi connectivity index (χ3n) is 5.78. The second-order valence-electron chi connectivity index (χ2n) is 8.12. The van der Waals surface area contributed by atoms with E-state index in [1.165, 1.54) is 0 Å². The zero-order valence-corrected chi connectivity index (χ0v) is 20.1. The summed E-state index contributed by atoms with van der Waals surface area (Å²) in [5.74, 6) is -0.140. The summed E-state index contributed by atoms with van der Waals surface area (Å²) >= 11 is 1.60. The fourth-order valence-electron chi connectivity index (χ4n) is 3.99. The molecule has 1 aliphatic rings. The number of nitrogens with zero attached hydrogens (tertiary/aromatic N) is 1. The molecule has 6 nitrogen and oxygen atoms in total. The van der Waals surface area contributed by atoms with E-state index in [4.69, 9.17) is 0 Å². The zero-order valence-electron chi connectivity index (χ0n) is 18.4. The summed E-state index contributed by atoms with van der Waals surface area (Å²) < 4.78 is 27.4. The van der Waals surface area contributed by atoms with E-state index in [0.717, 1.165) is 36.1 Å². The molecule has 1 fully saturated rings. The number of sulfonamides is 1. The van der Waals surface area contributed by atoms with Crippen molar-refractivity contribution in [1.82, 2.24) is 9.62 Å². The molecule has 1 atom stereocenters. The molecule has 0 radical (unpaired) electrons. The molecular formula is C25H29N3O3S2. The van der Waals surface area contributed by atoms with Gasteiger partial charge in [0.05, 0.1) is 17.5 Å². The number of thiophene rings is 1. The number of carbonyl (C=O) groups is 1. The first-order valence-corrected chi connectivity index (χ1v) is 13.6. The summed E-state index contributed by atoms with van der Waals surface area (Å²) in [6.07, 6.45) is 3.97. The summed E-state index contributed by atoms with van der Waals surface area (Å²) in [6.45, 7) is 1.25. The predicted molar refractivity (Wildman–Crippen MR) is 133 cm³/mol. The lowest BCUT2D eigenvalue weighted by Crippen LogP contribution is -2.33. The van der Waals surface area contributed by atoms with Crippen molar-refractivity contribution in [2.24, 2.45) is 0 Å². The zero-order chi connectivity index (χ0) is 23.1. The smallest absolute Gasteiger partial charge is 0.243 e. The van der Waals surface area contributed by atoms with Gasteiger partial charge in [-0.25, -0.2) is 8.42 Å². The summed E-state index contributed by atoms with van der Waals surface area (Å²) in [4.78, 5) is 14.0. The van der Waals surface area contributed by atoms with Crippen LogP contribution in [0, 0.1) is 0 Å². The van der Waals surface area contributed by atoms with Gasteiger partial charge >= 0.3 is 0 Å². The summed E-state index contributed by atoms with van der Waals surface area (Å²) in [5.41, 5.74) is 1.73. The van der Waals surface area contributed by atoms with Gasteiger partial charge in [-0.3, -0.25) is 4.79 Å². The van der Waals surface area contributed by atoms with E-state index in [1.807, 2.05) is 47.8 Å². The minimum absolute atomic E-state index is 0.0902. The molecule has 0 bridgehead atoms. The van der Waals surface area contributed by atoms with E-state index in [2.05, 4.69) is 10.6 Å². The fourth-order valence-corrected chi connectivity index (χ4v) is 6.31. The molecule has 1 aromatic heterocycles. The largest absolute Gasteiger partial charge is 0.376 e. The Labute approximate surface area is 199 Å². The van der Waals surface area contributed by atoms with Gasteiger partial charge in [-0.05, 0) is 54.1 Å². The Hall–Kier alpha value is -2.68. The molecule has 1 saturated heterocycles. The number of rotatable bonds is 8. The molecule has 4 rings (SSSR count). The van der Waals surface area contributed by atoms with Gasteiger partial charge in [0.15, 0.2) is 0 Å². The van der Waals surface area contributed by atoms with Gasteiger partial charge in [0.1, 0.15) is 0 Å². The normalized spacial score (nSPS) is 16.0. The first-order chi connectivity index (χ1) is 16.0. The lowest BCUT2D eigenvalue weighted by Gasteiger charge is -2.20. The number of anilines is 1. The van der Waals surface area contributed by atoms with E-state index in [9.17, 15) is 13.2 Å². The van der Waals surface area contributed by atoms with Gasteiger partial charge in [-0.1, -0.05) is 49.2 Å². The van der Waals surface area contributed by atoms with Crippen LogP contribution in [0.5, 0.6) is 0 Å². The Morgan fingerprint density at radius 1 is 0.909 bits per heavy atom. The fraction of sp³-hybridized carbons (Fsp3) is 0.320. The number of hydrogen-bond donors (Lipinski definition) is 2. The van der Waals surface area contributed by atoms with Gasteiger partial charge in [0.25, 0.3) is 0 Å². The molecule has 1 unspecified atom stereocenters. The first-order valence-electron chi connectivity index (χ1n) is 11.3. The average Bonchev–Trinajstić information content (AvgIpc) is 3.23. The number of carbonyl (C=O) groups excluding carboxylic acids is 1. The van der Waals surface area contributed by atoms with Crippen LogP contribution >= 0.6 is 11.3 Å². The molecule has 33 heavy (non-hydrogen) atoms. The van der Waals surface area contributed by atoms with Crippen LogP contribution in [0.1, 0.15) is 42.2 Å². The Morgan fingerprint density at radius 2 is 1.61 bits per heavy atom. The monoisotopic (exact) mass is 483 g/mol. The van der Waals surface area contributed by atoms with Gasteiger partial charge < -0.3 is 10.6 Å². The number of nitrogens with one attached hydrogen (secondary N) is 2. The standard InChI is InChI=1S/C25H29N3O3S2/c29-24(27-25(23-11-8-18-32-23)20-9-4-3-5-10-20)19-26-21-12-14-22(15-13-21)33(30,31)28-16-6-1-2-7-17-28/h3-5,8-15,18,25-26H,1-2,6-7,16-17,19H2,(H,27,29). The van der Waals surface area contributed by atoms with E-state index < -0.39 is 10.0 Å². The lowest BCUT2D eigenvalue weighted by atomic mass is 10.1. The van der Waals surface area contributed by atoms with Crippen molar-refractivity contribution < 1.29 is 13.2 Å². The highest BCUT2D eigenvalue weighted by molar-refractivity contribution is 7.89. The van der Waals surface area contributed by atoms with E-state index in [1.54, 1.807) is 39.9 Å². The molecule has 1 amide bonds. The minimum Gasteiger partial charge on any atom is -0.376 e. The van der Waals surface area contributed by atoms with Crippen LogP contribution in [0.15, 0.2) is 77.0 Å². The van der Waals surface area contributed by atoms with Crippen LogP contribution < -0.4 is 10.6 Å². The van der Waals surface area contributed by atoms with Crippen molar-refractivity contribution in [1.29, 1.82) is 0 Å². The van der Waals surface area contributed by atoms with E-state index in [0.29, 0.717) is 23.7 Å². The maximum absolute atomic E-state index is 12.9. The topological polar surface area (TPSA) is 78.5 Å². The molecule has 0 aliphatic carbocycles. The minimum atomic E-state index is -3.48. The van der Waals surface area contributed by atoms with Crippen molar-refractivity contribution >= 4 is 33.0 Å². The lowest BCUT2D eigenvalue weighted by molar-refractivity contribution is -0.119. The van der Waals surface area contributed by atoms with Gasteiger partial charge in [0.2, 0.25) is 15.9 Å².